The molecule has 126 valence electrons. The summed E-state index contributed by atoms with van der Waals surface area (Å²) in [5.74, 6) is -0.428. The molecule has 2 aromatic rings. The second-order valence-electron chi connectivity index (χ2n) is 5.90. The quantitative estimate of drug-likeness (QED) is 0.901. The summed E-state index contributed by atoms with van der Waals surface area (Å²) in [5.41, 5.74) is 4.30. The minimum atomic E-state index is -0.253. The predicted molar refractivity (Wildman–Crippen MR) is 98.8 cm³/mol. The Morgan fingerprint density at radius 2 is 1.75 bits per heavy atom. The summed E-state index contributed by atoms with van der Waals surface area (Å²) in [6.07, 6.45) is 0. The molecule has 0 bridgehead atoms. The number of hydrogen-bond acceptors (Lipinski definition) is 2. The number of anilines is 2. The fourth-order valence-corrected chi connectivity index (χ4v) is 2.70. The van der Waals surface area contributed by atoms with Gasteiger partial charge in [0.1, 0.15) is 6.54 Å². The number of nitrogens with one attached hydrogen (secondary N) is 1. The molecular weight excluding hydrogens is 324 g/mol. The van der Waals surface area contributed by atoms with Crippen molar-refractivity contribution in [2.45, 2.75) is 27.7 Å². The zero-order valence-corrected chi connectivity index (χ0v) is 15.1. The van der Waals surface area contributed by atoms with Crippen molar-refractivity contribution in [3.05, 3.63) is 58.1 Å². The number of hydrogen-bond donors (Lipinski definition) is 1. The third-order valence-electron chi connectivity index (χ3n) is 3.80. The Kier molecular flexibility index (Phi) is 5.62. The molecule has 0 aliphatic carbocycles. The minimum absolute atomic E-state index is 0.0400. The van der Waals surface area contributed by atoms with Crippen LogP contribution in [-0.4, -0.2) is 18.4 Å². The highest BCUT2D eigenvalue weighted by Crippen LogP contribution is 2.23. The number of benzene rings is 2. The van der Waals surface area contributed by atoms with Gasteiger partial charge in [0.15, 0.2) is 0 Å². The van der Waals surface area contributed by atoms with Crippen LogP contribution in [0.3, 0.4) is 0 Å². The third-order valence-corrected chi connectivity index (χ3v) is 4.03. The molecule has 4 nitrogen and oxygen atoms in total. The number of amides is 2. The zero-order valence-electron chi connectivity index (χ0n) is 14.3. The molecule has 0 radical (unpaired) electrons. The fraction of sp³-hybridized carbons (Fsp3) is 0.263. The van der Waals surface area contributed by atoms with Crippen molar-refractivity contribution in [3.8, 4) is 0 Å². The van der Waals surface area contributed by atoms with Gasteiger partial charge in [-0.15, -0.1) is 0 Å². The van der Waals surface area contributed by atoms with Gasteiger partial charge in [-0.2, -0.15) is 0 Å². The lowest BCUT2D eigenvalue weighted by atomic mass is 10.1. The summed E-state index contributed by atoms with van der Waals surface area (Å²) >= 11 is 5.93. The molecule has 0 unspecified atom stereocenters. The molecule has 0 saturated carbocycles. The topological polar surface area (TPSA) is 49.4 Å². The number of aryl methyl sites for hydroxylation is 3. The highest BCUT2D eigenvalue weighted by atomic mass is 35.5. The largest absolute Gasteiger partial charge is 0.324 e. The lowest BCUT2D eigenvalue weighted by Gasteiger charge is -2.23. The molecule has 0 heterocycles. The van der Waals surface area contributed by atoms with Crippen LogP contribution in [0, 0.1) is 20.8 Å². The number of nitrogens with zero attached hydrogens (tertiary/aromatic N) is 1. The second-order valence-corrected chi connectivity index (χ2v) is 6.34. The lowest BCUT2D eigenvalue weighted by Crippen LogP contribution is -2.37. The number of rotatable bonds is 4. The van der Waals surface area contributed by atoms with Gasteiger partial charge in [0.2, 0.25) is 11.8 Å². The smallest absolute Gasteiger partial charge is 0.244 e. The van der Waals surface area contributed by atoms with E-state index in [1.807, 2.05) is 39.0 Å². The van der Waals surface area contributed by atoms with Crippen molar-refractivity contribution in [2.75, 3.05) is 16.8 Å². The summed E-state index contributed by atoms with van der Waals surface area (Å²) in [6.45, 7) is 7.17. The summed E-state index contributed by atoms with van der Waals surface area (Å²) < 4.78 is 0. The highest BCUT2D eigenvalue weighted by Gasteiger charge is 2.18. The van der Waals surface area contributed by atoms with E-state index < -0.39 is 0 Å². The van der Waals surface area contributed by atoms with Crippen LogP contribution in [0.4, 0.5) is 11.4 Å². The molecule has 1 N–H and O–H groups in total. The molecule has 0 aliphatic heterocycles. The first-order chi connectivity index (χ1) is 11.3. The first kappa shape index (κ1) is 18.0. The van der Waals surface area contributed by atoms with Gasteiger partial charge in [-0.25, -0.2) is 0 Å². The van der Waals surface area contributed by atoms with Gasteiger partial charge >= 0.3 is 0 Å². The summed E-state index contributed by atoms with van der Waals surface area (Å²) in [6, 6.07) is 11.1. The first-order valence-corrected chi connectivity index (χ1v) is 8.07. The minimum Gasteiger partial charge on any atom is -0.324 e. The Bertz CT molecular complexity index is 787. The Morgan fingerprint density at radius 3 is 2.38 bits per heavy atom. The fourth-order valence-electron chi connectivity index (χ4n) is 2.48. The average Bonchev–Trinajstić information content (AvgIpc) is 2.50. The molecule has 2 rings (SSSR count). The highest BCUT2D eigenvalue weighted by molar-refractivity contribution is 6.30. The lowest BCUT2D eigenvalue weighted by molar-refractivity contribution is -0.120. The molecule has 2 aromatic carbocycles. The van der Waals surface area contributed by atoms with Crippen LogP contribution < -0.4 is 10.2 Å². The maximum Gasteiger partial charge on any atom is 0.244 e. The van der Waals surface area contributed by atoms with Gasteiger partial charge in [-0.1, -0.05) is 23.7 Å². The Labute approximate surface area is 147 Å². The van der Waals surface area contributed by atoms with Crippen LogP contribution in [-0.2, 0) is 9.59 Å². The molecule has 0 atom stereocenters. The molecule has 0 spiro atoms. The van der Waals surface area contributed by atoms with Gasteiger partial charge in [-0.05, 0) is 61.7 Å². The van der Waals surface area contributed by atoms with E-state index in [1.165, 1.54) is 11.8 Å². The monoisotopic (exact) mass is 344 g/mol. The van der Waals surface area contributed by atoms with Crippen LogP contribution in [0.5, 0.6) is 0 Å². The van der Waals surface area contributed by atoms with Crippen molar-refractivity contribution in [1.82, 2.24) is 0 Å². The Balaban J connectivity index is 2.20. The van der Waals surface area contributed by atoms with E-state index in [1.54, 1.807) is 18.2 Å². The van der Waals surface area contributed by atoms with Crippen LogP contribution >= 0.6 is 11.6 Å². The van der Waals surface area contributed by atoms with Gasteiger partial charge in [0.25, 0.3) is 0 Å². The Morgan fingerprint density at radius 1 is 1.04 bits per heavy atom. The van der Waals surface area contributed by atoms with E-state index in [0.717, 1.165) is 22.4 Å². The van der Waals surface area contributed by atoms with Crippen molar-refractivity contribution in [1.29, 1.82) is 0 Å². The number of halogens is 1. The number of carbonyl (C=O) groups is 2. The van der Waals surface area contributed by atoms with E-state index in [9.17, 15) is 9.59 Å². The second kappa shape index (κ2) is 7.49. The van der Waals surface area contributed by atoms with Crippen molar-refractivity contribution >= 4 is 34.8 Å². The third kappa shape index (κ3) is 4.36. The summed E-state index contributed by atoms with van der Waals surface area (Å²) in [5, 5.41) is 3.45. The normalized spacial score (nSPS) is 10.4. The molecule has 0 aromatic heterocycles. The number of carbonyl (C=O) groups excluding carboxylic acids is 2. The van der Waals surface area contributed by atoms with E-state index in [0.29, 0.717) is 10.7 Å². The summed E-state index contributed by atoms with van der Waals surface area (Å²) in [7, 11) is 0. The SMILES string of the molecule is CC(=O)N(CC(=O)Nc1ccc(Cl)cc1C)c1cc(C)ccc1C. The van der Waals surface area contributed by atoms with E-state index in [2.05, 4.69) is 5.32 Å². The van der Waals surface area contributed by atoms with Gasteiger partial charge in [0.05, 0.1) is 0 Å². The van der Waals surface area contributed by atoms with Crippen LogP contribution in [0.2, 0.25) is 5.02 Å². The maximum atomic E-state index is 12.4. The molecule has 0 fully saturated rings. The molecule has 0 saturated heterocycles. The zero-order chi connectivity index (χ0) is 17.9. The standard InChI is InChI=1S/C19H21ClN2O2/c1-12-5-6-13(2)18(9-12)22(15(4)23)11-19(24)21-17-8-7-16(20)10-14(17)3/h5-10H,11H2,1-4H3,(H,21,24). The molecule has 24 heavy (non-hydrogen) atoms. The maximum absolute atomic E-state index is 12.4. The van der Waals surface area contributed by atoms with Gasteiger partial charge in [-0.3, -0.25) is 9.59 Å². The van der Waals surface area contributed by atoms with Gasteiger partial charge < -0.3 is 10.2 Å². The molecule has 0 aliphatic rings. The van der Waals surface area contributed by atoms with Gasteiger partial charge in [0, 0.05) is 23.3 Å². The van der Waals surface area contributed by atoms with Crippen molar-refractivity contribution in [3.63, 3.8) is 0 Å². The summed E-state index contributed by atoms with van der Waals surface area (Å²) in [4.78, 5) is 25.9. The first-order valence-electron chi connectivity index (χ1n) is 7.69. The Hall–Kier alpha value is -2.33. The van der Waals surface area contributed by atoms with Crippen molar-refractivity contribution in [2.24, 2.45) is 0 Å². The van der Waals surface area contributed by atoms with Crippen molar-refractivity contribution < 1.29 is 9.59 Å². The van der Waals surface area contributed by atoms with E-state index >= 15 is 0 Å². The van der Waals surface area contributed by atoms with Crippen LogP contribution in [0.15, 0.2) is 36.4 Å². The average molecular weight is 345 g/mol. The predicted octanol–water partition coefficient (Wildman–Crippen LogP) is 4.26. The van der Waals surface area contributed by atoms with Crippen LogP contribution in [0.1, 0.15) is 23.6 Å². The molecular formula is C19H21ClN2O2. The van der Waals surface area contributed by atoms with E-state index in [4.69, 9.17) is 11.6 Å². The molecule has 5 heteroatoms. The van der Waals surface area contributed by atoms with Crippen LogP contribution in [0.25, 0.3) is 0 Å². The molecule has 2 amide bonds. The van der Waals surface area contributed by atoms with E-state index in [-0.39, 0.29) is 18.4 Å².